The summed E-state index contributed by atoms with van der Waals surface area (Å²) >= 11 is 0. The van der Waals surface area contributed by atoms with Gasteiger partial charge < -0.3 is 20.0 Å². The molecule has 0 saturated heterocycles. The van der Waals surface area contributed by atoms with Crippen LogP contribution in [0.15, 0.2) is 36.5 Å². The van der Waals surface area contributed by atoms with Crippen LogP contribution in [-0.4, -0.2) is 28.5 Å². The Kier molecular flexibility index (Phi) is 2.79. The van der Waals surface area contributed by atoms with Crippen molar-refractivity contribution in [3.05, 3.63) is 47.7 Å². The van der Waals surface area contributed by atoms with Crippen molar-refractivity contribution in [3.8, 4) is 5.75 Å². The molecule has 2 heterocycles. The minimum atomic E-state index is -1.07. The van der Waals surface area contributed by atoms with E-state index in [-0.39, 0.29) is 5.56 Å². The first kappa shape index (κ1) is 13.0. The van der Waals surface area contributed by atoms with Crippen LogP contribution in [0.5, 0.6) is 5.75 Å². The summed E-state index contributed by atoms with van der Waals surface area (Å²) in [6.45, 7) is 0. The molecule has 0 aliphatic carbocycles. The molecule has 0 atom stereocenters. The lowest BCUT2D eigenvalue weighted by Crippen LogP contribution is -2.11. The summed E-state index contributed by atoms with van der Waals surface area (Å²) in [5, 5.41) is 9.71. The molecule has 3 N–H and O–H groups in total. The van der Waals surface area contributed by atoms with E-state index in [2.05, 4.69) is 0 Å². The van der Waals surface area contributed by atoms with Gasteiger partial charge in [-0.05, 0) is 24.3 Å². The number of carbonyl (C=O) groups excluding carboxylic acids is 1. The number of aromatic carboxylic acids is 1. The van der Waals surface area contributed by atoms with Crippen LogP contribution in [0, 0.1) is 0 Å². The second-order valence-corrected chi connectivity index (χ2v) is 4.57. The van der Waals surface area contributed by atoms with E-state index in [1.54, 1.807) is 28.8 Å². The second kappa shape index (κ2) is 4.52. The predicted octanol–water partition coefficient (Wildman–Crippen LogP) is 1.90. The fourth-order valence-electron chi connectivity index (χ4n) is 2.56. The maximum atomic E-state index is 11.8. The van der Waals surface area contributed by atoms with Crippen molar-refractivity contribution in [2.24, 2.45) is 5.73 Å². The van der Waals surface area contributed by atoms with Gasteiger partial charge in [0.05, 0.1) is 34.7 Å². The molecule has 106 valence electrons. The summed E-state index contributed by atoms with van der Waals surface area (Å²) in [6.07, 6.45) is 1.75. The largest absolute Gasteiger partial charge is 0.496 e. The highest BCUT2D eigenvalue weighted by Crippen LogP contribution is 2.35. The number of carboxylic acids is 1. The number of carboxylic acid groups (broad SMARTS) is 1. The maximum Gasteiger partial charge on any atom is 0.335 e. The Hall–Kier alpha value is -3.02. The molecule has 0 aliphatic rings. The van der Waals surface area contributed by atoms with Gasteiger partial charge in [-0.15, -0.1) is 0 Å². The van der Waals surface area contributed by atoms with E-state index in [4.69, 9.17) is 10.5 Å². The fraction of sp³-hybridized carbons (Fsp3) is 0.0667. The summed E-state index contributed by atoms with van der Waals surface area (Å²) in [6, 6.07) is 8.21. The van der Waals surface area contributed by atoms with E-state index in [0.29, 0.717) is 27.7 Å². The van der Waals surface area contributed by atoms with E-state index < -0.39 is 11.9 Å². The molecule has 1 aromatic carbocycles. The zero-order valence-electron chi connectivity index (χ0n) is 11.2. The zero-order valence-corrected chi connectivity index (χ0v) is 11.2. The van der Waals surface area contributed by atoms with Gasteiger partial charge in [-0.3, -0.25) is 4.79 Å². The number of ether oxygens (including phenoxy) is 1. The number of amides is 1. The topological polar surface area (TPSA) is 94.0 Å². The molecule has 3 aromatic rings. The van der Waals surface area contributed by atoms with Crippen LogP contribution < -0.4 is 10.5 Å². The number of pyridine rings is 1. The SMILES string of the molecule is COc1cc(C(=O)O)cc2c1c(C(N)=O)c1ccccn12. The van der Waals surface area contributed by atoms with E-state index in [0.717, 1.165) is 0 Å². The average Bonchev–Trinajstić information content (AvgIpc) is 2.80. The van der Waals surface area contributed by atoms with E-state index in [9.17, 15) is 14.7 Å². The number of hydrogen-bond donors (Lipinski definition) is 2. The molecule has 0 aliphatic heterocycles. The number of carbonyl (C=O) groups is 2. The van der Waals surface area contributed by atoms with E-state index in [1.165, 1.54) is 19.2 Å². The zero-order chi connectivity index (χ0) is 15.1. The monoisotopic (exact) mass is 284 g/mol. The van der Waals surface area contributed by atoms with Crippen LogP contribution in [0.1, 0.15) is 20.7 Å². The van der Waals surface area contributed by atoms with E-state index in [1.807, 2.05) is 0 Å². The molecule has 0 fully saturated rings. The average molecular weight is 284 g/mol. The molecule has 3 rings (SSSR count). The van der Waals surface area contributed by atoms with Crippen molar-refractivity contribution in [1.82, 2.24) is 4.40 Å². The number of aromatic nitrogens is 1. The van der Waals surface area contributed by atoms with Crippen molar-refractivity contribution in [2.75, 3.05) is 7.11 Å². The fourth-order valence-corrected chi connectivity index (χ4v) is 2.56. The number of nitrogens with two attached hydrogens (primary N) is 1. The highest BCUT2D eigenvalue weighted by atomic mass is 16.5. The van der Waals surface area contributed by atoms with E-state index >= 15 is 0 Å². The summed E-state index contributed by atoms with van der Waals surface area (Å²) < 4.78 is 6.98. The molecule has 0 unspecified atom stereocenters. The van der Waals surface area contributed by atoms with Crippen molar-refractivity contribution in [1.29, 1.82) is 0 Å². The standard InChI is InChI=1S/C15H12N2O4/c1-21-11-7-8(15(19)20)6-10-12(11)13(14(16)18)9-4-2-3-5-17(9)10/h2-7H,1H3,(H2,16,18)(H,19,20). The summed E-state index contributed by atoms with van der Waals surface area (Å²) in [7, 11) is 1.42. The van der Waals surface area contributed by atoms with Gasteiger partial charge in [-0.2, -0.15) is 0 Å². The third-order valence-electron chi connectivity index (χ3n) is 3.42. The summed E-state index contributed by atoms with van der Waals surface area (Å²) in [5.74, 6) is -1.35. The number of primary amides is 1. The quantitative estimate of drug-likeness (QED) is 0.768. The van der Waals surface area contributed by atoms with Gasteiger partial charge in [-0.1, -0.05) is 6.07 Å². The Balaban J connectivity index is 2.59. The molecule has 2 aromatic heterocycles. The molecular weight excluding hydrogens is 272 g/mol. The normalized spacial score (nSPS) is 10.9. The van der Waals surface area contributed by atoms with Crippen LogP contribution in [-0.2, 0) is 0 Å². The Morgan fingerprint density at radius 2 is 2.00 bits per heavy atom. The molecule has 6 heteroatoms. The van der Waals surface area contributed by atoms with Crippen LogP contribution in [0.25, 0.3) is 16.4 Å². The van der Waals surface area contributed by atoms with Gasteiger partial charge >= 0.3 is 5.97 Å². The number of hydrogen-bond acceptors (Lipinski definition) is 3. The van der Waals surface area contributed by atoms with Gasteiger partial charge in [-0.25, -0.2) is 4.79 Å². The van der Waals surface area contributed by atoms with Gasteiger partial charge in [0.15, 0.2) is 0 Å². The summed E-state index contributed by atoms with van der Waals surface area (Å²) in [5.41, 5.74) is 7.07. The lowest BCUT2D eigenvalue weighted by atomic mass is 10.1. The lowest BCUT2D eigenvalue weighted by molar-refractivity contribution is 0.0696. The summed E-state index contributed by atoms with van der Waals surface area (Å²) in [4.78, 5) is 23.0. The first-order valence-electron chi connectivity index (χ1n) is 6.18. The van der Waals surface area contributed by atoms with Gasteiger partial charge in [0.2, 0.25) is 0 Å². The smallest absolute Gasteiger partial charge is 0.335 e. The molecule has 0 radical (unpaired) electrons. The predicted molar refractivity (Wildman–Crippen MR) is 76.9 cm³/mol. The molecular formula is C15H12N2O4. The van der Waals surface area contributed by atoms with Gasteiger partial charge in [0, 0.05) is 6.20 Å². The van der Waals surface area contributed by atoms with Crippen molar-refractivity contribution in [3.63, 3.8) is 0 Å². The Morgan fingerprint density at radius 1 is 1.24 bits per heavy atom. The van der Waals surface area contributed by atoms with Gasteiger partial charge in [0.1, 0.15) is 5.75 Å². The van der Waals surface area contributed by atoms with Crippen LogP contribution >= 0.6 is 0 Å². The number of rotatable bonds is 3. The Labute approximate surface area is 119 Å². The highest BCUT2D eigenvalue weighted by Gasteiger charge is 2.21. The van der Waals surface area contributed by atoms with Crippen LogP contribution in [0.2, 0.25) is 0 Å². The molecule has 6 nitrogen and oxygen atoms in total. The van der Waals surface area contributed by atoms with Crippen LogP contribution in [0.3, 0.4) is 0 Å². The Bertz CT molecular complexity index is 895. The minimum absolute atomic E-state index is 0.0821. The van der Waals surface area contributed by atoms with Gasteiger partial charge in [0.25, 0.3) is 5.91 Å². The van der Waals surface area contributed by atoms with Crippen molar-refractivity contribution < 1.29 is 19.4 Å². The number of fused-ring (bicyclic) bond motifs is 3. The Morgan fingerprint density at radius 3 is 2.62 bits per heavy atom. The van der Waals surface area contributed by atoms with Crippen molar-refractivity contribution in [2.45, 2.75) is 0 Å². The number of nitrogens with zero attached hydrogens (tertiary/aromatic N) is 1. The molecule has 1 amide bonds. The first-order chi connectivity index (χ1) is 10.0. The third-order valence-corrected chi connectivity index (χ3v) is 3.42. The second-order valence-electron chi connectivity index (χ2n) is 4.57. The first-order valence-corrected chi connectivity index (χ1v) is 6.18. The number of methoxy groups -OCH3 is 1. The van der Waals surface area contributed by atoms with Crippen molar-refractivity contribution >= 4 is 28.3 Å². The number of benzene rings is 1. The molecule has 0 saturated carbocycles. The lowest BCUT2D eigenvalue weighted by Gasteiger charge is -2.05. The highest BCUT2D eigenvalue weighted by molar-refractivity contribution is 6.16. The maximum absolute atomic E-state index is 11.8. The molecule has 0 spiro atoms. The minimum Gasteiger partial charge on any atom is -0.496 e. The molecule has 0 bridgehead atoms. The third kappa shape index (κ3) is 1.80. The molecule has 21 heavy (non-hydrogen) atoms. The van der Waals surface area contributed by atoms with Crippen LogP contribution in [0.4, 0.5) is 0 Å².